The van der Waals surface area contributed by atoms with Crippen molar-refractivity contribution in [2.45, 2.75) is 82.8 Å². The van der Waals surface area contributed by atoms with Gasteiger partial charge in [-0.15, -0.1) is 0 Å². The third-order valence-electron chi connectivity index (χ3n) is 7.70. The molecule has 0 spiro atoms. The lowest BCUT2D eigenvalue weighted by Gasteiger charge is -2.48. The second-order valence-corrected chi connectivity index (χ2v) is 10.1. The van der Waals surface area contributed by atoms with E-state index in [0.717, 1.165) is 18.4 Å². The van der Waals surface area contributed by atoms with Crippen molar-refractivity contribution in [3.05, 3.63) is 48.0 Å². The van der Waals surface area contributed by atoms with E-state index >= 15 is 0 Å². The Balaban J connectivity index is 2.03. The Morgan fingerprint density at radius 2 is 1.70 bits per heavy atom. The van der Waals surface area contributed by atoms with Crippen molar-refractivity contribution in [1.82, 2.24) is 0 Å². The third-order valence-corrected chi connectivity index (χ3v) is 7.70. The Bertz CT molecular complexity index is 937. The summed E-state index contributed by atoms with van der Waals surface area (Å²) in [6.45, 7) is 5.19. The molecule has 9 unspecified atom stereocenters. The Morgan fingerprint density at radius 3 is 2.32 bits per heavy atom. The van der Waals surface area contributed by atoms with E-state index < -0.39 is 54.1 Å². The molecule has 0 aliphatic carbocycles. The van der Waals surface area contributed by atoms with E-state index in [1.165, 1.54) is 14.0 Å². The maximum atomic E-state index is 13.5. The fourth-order valence-electron chi connectivity index (χ4n) is 5.32. The zero-order valence-electron chi connectivity index (χ0n) is 22.3. The number of methoxy groups -OCH3 is 2. The van der Waals surface area contributed by atoms with E-state index in [1.54, 1.807) is 26.2 Å². The number of nitrogens with zero attached hydrogens (tertiary/aromatic N) is 1. The maximum absolute atomic E-state index is 13.5. The second-order valence-electron chi connectivity index (χ2n) is 10.1. The SMILES string of the molecule is COC1CCCCC(c2ccccc2)OC(=O)C(C)C2(O)OC(C(C)/C=C/C1O)C(C)/C(=N\O)C2OC. The van der Waals surface area contributed by atoms with E-state index in [9.17, 15) is 20.2 Å². The Hall–Kier alpha value is -2.30. The predicted octanol–water partition coefficient (Wildman–Crippen LogP) is 3.62. The minimum Gasteiger partial charge on any atom is -0.457 e. The van der Waals surface area contributed by atoms with Crippen LogP contribution in [0.1, 0.15) is 58.1 Å². The van der Waals surface area contributed by atoms with Crippen molar-refractivity contribution >= 4 is 11.7 Å². The molecule has 2 aliphatic heterocycles. The largest absolute Gasteiger partial charge is 0.457 e. The number of carbonyl (C=O) groups excluding carboxylic acids is 1. The molecule has 2 bridgehead atoms. The van der Waals surface area contributed by atoms with Crippen LogP contribution < -0.4 is 0 Å². The molecule has 0 saturated carbocycles. The molecular weight excluding hydrogens is 478 g/mol. The number of hydrogen-bond donors (Lipinski definition) is 3. The van der Waals surface area contributed by atoms with Gasteiger partial charge >= 0.3 is 5.97 Å². The number of rotatable bonds is 3. The van der Waals surface area contributed by atoms with Gasteiger partial charge in [0.2, 0.25) is 5.79 Å². The van der Waals surface area contributed by atoms with Crippen molar-refractivity contribution in [3.63, 3.8) is 0 Å². The van der Waals surface area contributed by atoms with Crippen LogP contribution in [0.2, 0.25) is 0 Å². The molecule has 1 aromatic rings. The number of esters is 1. The highest BCUT2D eigenvalue weighted by Crippen LogP contribution is 2.40. The molecule has 1 aromatic carbocycles. The minimum absolute atomic E-state index is 0.164. The topological polar surface area (TPSA) is 127 Å². The first-order chi connectivity index (χ1) is 17.7. The summed E-state index contributed by atoms with van der Waals surface area (Å²) in [5, 5.41) is 35.9. The lowest BCUT2D eigenvalue weighted by molar-refractivity contribution is -0.310. The molecule has 0 amide bonds. The fraction of sp³-hybridized carbons (Fsp3) is 0.643. The molecule has 0 radical (unpaired) electrons. The van der Waals surface area contributed by atoms with Gasteiger partial charge in [-0.25, -0.2) is 0 Å². The number of oxime groups is 1. The van der Waals surface area contributed by atoms with Crippen LogP contribution >= 0.6 is 0 Å². The van der Waals surface area contributed by atoms with Gasteiger partial charge in [0, 0.05) is 26.1 Å². The highest BCUT2D eigenvalue weighted by atomic mass is 16.7. The van der Waals surface area contributed by atoms with Gasteiger partial charge in [0.05, 0.1) is 24.0 Å². The molecule has 1 fully saturated rings. The van der Waals surface area contributed by atoms with Crippen molar-refractivity contribution < 1.29 is 39.2 Å². The molecular formula is C28H41NO8. The number of cyclic esters (lactones) is 1. The summed E-state index contributed by atoms with van der Waals surface area (Å²) in [6, 6.07) is 9.44. The Labute approximate surface area is 219 Å². The van der Waals surface area contributed by atoms with Gasteiger partial charge in [0.1, 0.15) is 12.0 Å². The number of fused-ring (bicyclic) bond motifs is 2. The molecule has 37 heavy (non-hydrogen) atoms. The van der Waals surface area contributed by atoms with Crippen LogP contribution in [0.15, 0.2) is 47.6 Å². The first kappa shape index (κ1) is 29.3. The fourth-order valence-corrected chi connectivity index (χ4v) is 5.32. The van der Waals surface area contributed by atoms with Gasteiger partial charge in [-0.2, -0.15) is 0 Å². The van der Waals surface area contributed by atoms with E-state index in [2.05, 4.69) is 5.16 Å². The van der Waals surface area contributed by atoms with Crippen LogP contribution in [-0.2, 0) is 23.7 Å². The minimum atomic E-state index is -2.15. The Morgan fingerprint density at radius 1 is 1.03 bits per heavy atom. The summed E-state index contributed by atoms with van der Waals surface area (Å²) < 4.78 is 23.2. The van der Waals surface area contributed by atoms with Crippen molar-refractivity contribution in [1.29, 1.82) is 0 Å². The van der Waals surface area contributed by atoms with Gasteiger partial charge in [-0.1, -0.05) is 67.9 Å². The average molecular weight is 520 g/mol. The van der Waals surface area contributed by atoms with Crippen LogP contribution in [0.25, 0.3) is 0 Å². The number of hydrogen-bond acceptors (Lipinski definition) is 9. The molecule has 9 heteroatoms. The molecule has 3 N–H and O–H groups in total. The molecule has 1 saturated heterocycles. The van der Waals surface area contributed by atoms with E-state index in [1.807, 2.05) is 37.3 Å². The van der Waals surface area contributed by atoms with E-state index in [4.69, 9.17) is 18.9 Å². The van der Waals surface area contributed by atoms with E-state index in [-0.39, 0.29) is 11.6 Å². The summed E-state index contributed by atoms with van der Waals surface area (Å²) in [5.74, 6) is -4.74. The zero-order valence-corrected chi connectivity index (χ0v) is 22.3. The Kier molecular flexibility index (Phi) is 10.3. The monoisotopic (exact) mass is 519 g/mol. The molecule has 2 aliphatic rings. The average Bonchev–Trinajstić information content (AvgIpc) is 2.91. The van der Waals surface area contributed by atoms with Crippen LogP contribution in [0, 0.1) is 17.8 Å². The second kappa shape index (κ2) is 13.0. The lowest BCUT2D eigenvalue weighted by atomic mass is 9.78. The smallest absolute Gasteiger partial charge is 0.314 e. The quantitative estimate of drug-likeness (QED) is 0.239. The summed E-state index contributed by atoms with van der Waals surface area (Å²) in [4.78, 5) is 13.5. The van der Waals surface area contributed by atoms with Gasteiger partial charge in [-0.05, 0) is 31.7 Å². The number of ether oxygens (including phenoxy) is 4. The van der Waals surface area contributed by atoms with Gasteiger partial charge in [-0.3, -0.25) is 4.79 Å². The van der Waals surface area contributed by atoms with Crippen LogP contribution in [0.5, 0.6) is 0 Å². The van der Waals surface area contributed by atoms with Gasteiger partial charge in [0.15, 0.2) is 6.10 Å². The summed E-state index contributed by atoms with van der Waals surface area (Å²) in [5.41, 5.74) is 1.00. The molecule has 9 atom stereocenters. The zero-order chi connectivity index (χ0) is 27.2. The van der Waals surface area contributed by atoms with Gasteiger partial charge < -0.3 is 34.4 Å². The molecule has 9 nitrogen and oxygen atoms in total. The van der Waals surface area contributed by atoms with Crippen molar-refractivity contribution in [2.24, 2.45) is 22.9 Å². The molecule has 3 rings (SSSR count). The molecule has 2 heterocycles. The summed E-state index contributed by atoms with van der Waals surface area (Å²) in [6.07, 6.45) is 2.50. The van der Waals surface area contributed by atoms with Crippen molar-refractivity contribution in [3.8, 4) is 0 Å². The van der Waals surface area contributed by atoms with Crippen LogP contribution in [0.3, 0.4) is 0 Å². The predicted molar refractivity (Wildman–Crippen MR) is 137 cm³/mol. The summed E-state index contributed by atoms with van der Waals surface area (Å²) >= 11 is 0. The van der Waals surface area contributed by atoms with E-state index in [0.29, 0.717) is 12.8 Å². The highest BCUT2D eigenvalue weighted by Gasteiger charge is 2.57. The lowest BCUT2D eigenvalue weighted by Crippen LogP contribution is -2.65. The normalized spacial score (nSPS) is 40.2. The number of benzene rings is 1. The van der Waals surface area contributed by atoms with Crippen LogP contribution in [-0.4, -0.2) is 71.5 Å². The highest BCUT2D eigenvalue weighted by molar-refractivity contribution is 5.93. The standard InChI is InChI=1S/C28H41NO8/c1-17-15-16-21(30)23(34-4)14-10-9-13-22(20-11-7-6-8-12-20)36-27(31)19(3)28(32)26(35-5)24(29-33)18(2)25(17)37-28/h6-8,11-12,15-19,21-23,25-26,30,32-33H,9-10,13-14H2,1-5H3/b16-15+,29-24+. The maximum Gasteiger partial charge on any atom is 0.314 e. The first-order valence-electron chi connectivity index (χ1n) is 13.0. The first-order valence-corrected chi connectivity index (χ1v) is 13.0. The molecule has 0 aromatic heterocycles. The number of aliphatic hydroxyl groups excluding tert-OH is 1. The van der Waals surface area contributed by atoms with Crippen LogP contribution in [0.4, 0.5) is 0 Å². The number of aliphatic hydroxyl groups is 2. The van der Waals surface area contributed by atoms with Gasteiger partial charge in [0.25, 0.3) is 0 Å². The van der Waals surface area contributed by atoms with Crippen molar-refractivity contribution in [2.75, 3.05) is 14.2 Å². The third kappa shape index (κ3) is 6.41. The molecule has 206 valence electrons. The number of carbonyl (C=O) groups is 1. The summed E-state index contributed by atoms with van der Waals surface area (Å²) in [7, 11) is 2.93.